The van der Waals surface area contributed by atoms with E-state index in [1.54, 1.807) is 0 Å². The van der Waals surface area contributed by atoms with Gasteiger partial charge in [-0.2, -0.15) is 0 Å². The van der Waals surface area contributed by atoms with Crippen molar-refractivity contribution in [1.29, 1.82) is 0 Å². The van der Waals surface area contributed by atoms with Crippen LogP contribution in [0, 0.1) is 0 Å². The lowest BCUT2D eigenvalue weighted by Gasteiger charge is -2.11. The van der Waals surface area contributed by atoms with Gasteiger partial charge in [-0.25, -0.2) is 0 Å². The Balaban J connectivity index is 0.000000135. The summed E-state index contributed by atoms with van der Waals surface area (Å²) in [6, 6.07) is 149. The predicted molar refractivity (Wildman–Crippen MR) is 477 cm³/mol. The molecule has 0 radical (unpaired) electrons. The fourth-order valence-electron chi connectivity index (χ4n) is 18.1. The first-order valence-corrected chi connectivity index (χ1v) is 39.0. The fourth-order valence-corrected chi connectivity index (χ4v) is 18.1. The zero-order chi connectivity index (χ0) is 74.9. The van der Waals surface area contributed by atoms with Gasteiger partial charge in [0.2, 0.25) is 0 Å². The Morgan fingerprint density at radius 1 is 0.149 bits per heavy atom. The molecule has 532 valence electrons. The largest absolute Gasteiger partial charge is 0.456 e. The van der Waals surface area contributed by atoms with Gasteiger partial charge in [0.05, 0.1) is 49.5 Å². The van der Waals surface area contributed by atoms with E-state index in [0.29, 0.717) is 0 Å². The van der Waals surface area contributed by atoms with Crippen molar-refractivity contribution in [3.8, 4) is 89.5 Å². The van der Waals surface area contributed by atoms with Crippen LogP contribution in [0.15, 0.2) is 421 Å². The maximum atomic E-state index is 6.70. The molecule has 0 unspecified atom stereocenters. The number of benzene rings is 18. The third kappa shape index (κ3) is 10.5. The molecule has 24 rings (SSSR count). The molecular weight excluding hydrogens is 1390 g/mol. The molecule has 6 aromatic heterocycles. The molecule has 0 aliphatic heterocycles. The Labute approximate surface area is 656 Å². The molecule has 0 saturated heterocycles. The van der Waals surface area contributed by atoms with E-state index >= 15 is 0 Å². The van der Waals surface area contributed by atoms with Crippen molar-refractivity contribution < 1.29 is 8.83 Å². The highest BCUT2D eigenvalue weighted by Crippen LogP contribution is 2.47. The van der Waals surface area contributed by atoms with Gasteiger partial charge in [0.15, 0.2) is 5.58 Å². The smallest absolute Gasteiger partial charge is 0.160 e. The molecule has 0 aliphatic carbocycles. The highest BCUT2D eigenvalue weighted by atomic mass is 16.3. The first-order chi connectivity index (χ1) is 56.5. The zero-order valence-corrected chi connectivity index (χ0v) is 61.9. The number of aromatic nitrogens is 4. The number of nitrogens with zero attached hydrogens (tertiary/aromatic N) is 4. The molecule has 0 fully saturated rings. The highest BCUT2D eigenvalue weighted by Gasteiger charge is 2.24. The van der Waals surface area contributed by atoms with Crippen LogP contribution in [0.1, 0.15) is 0 Å². The van der Waals surface area contributed by atoms with Crippen LogP contribution in [-0.2, 0) is 0 Å². The molecule has 24 aromatic rings. The molecule has 0 aliphatic rings. The highest BCUT2D eigenvalue weighted by molar-refractivity contribution is 6.26. The van der Waals surface area contributed by atoms with Crippen molar-refractivity contribution in [2.24, 2.45) is 0 Å². The van der Waals surface area contributed by atoms with Gasteiger partial charge in [0.25, 0.3) is 0 Å². The molecule has 0 atom stereocenters. The Bertz CT molecular complexity index is 7930. The molecule has 0 spiro atoms. The van der Waals surface area contributed by atoms with Gasteiger partial charge < -0.3 is 27.1 Å². The topological polar surface area (TPSA) is 46.0 Å². The van der Waals surface area contributed by atoms with Crippen molar-refractivity contribution in [1.82, 2.24) is 18.3 Å². The molecule has 6 nitrogen and oxygen atoms in total. The fraction of sp³-hybridized carbons (Fsp3) is 0. The van der Waals surface area contributed by atoms with E-state index in [2.05, 4.69) is 419 Å². The average molecular weight is 1450 g/mol. The van der Waals surface area contributed by atoms with Gasteiger partial charge in [0.1, 0.15) is 16.7 Å². The van der Waals surface area contributed by atoms with Gasteiger partial charge in [0, 0.05) is 82.0 Å². The van der Waals surface area contributed by atoms with Crippen molar-refractivity contribution in [2.45, 2.75) is 0 Å². The zero-order valence-electron chi connectivity index (χ0n) is 61.9. The van der Waals surface area contributed by atoms with Gasteiger partial charge in [-0.05, 0) is 206 Å². The molecule has 6 heterocycles. The molecule has 18 aromatic carbocycles. The van der Waals surface area contributed by atoms with Gasteiger partial charge in [-0.15, -0.1) is 0 Å². The molecule has 0 amide bonds. The third-order valence-electron chi connectivity index (χ3n) is 23.4. The van der Waals surface area contributed by atoms with Crippen molar-refractivity contribution >= 4 is 131 Å². The lowest BCUT2D eigenvalue weighted by molar-refractivity contribution is 0.669. The maximum absolute atomic E-state index is 6.70. The average Bonchev–Trinajstić information content (AvgIpc) is 1.56. The number of rotatable bonds is 10. The van der Waals surface area contributed by atoms with E-state index in [4.69, 9.17) is 8.83 Å². The first-order valence-electron chi connectivity index (χ1n) is 39.0. The van der Waals surface area contributed by atoms with Crippen molar-refractivity contribution in [2.75, 3.05) is 0 Å². The summed E-state index contributed by atoms with van der Waals surface area (Å²) in [5, 5.41) is 14.2. The summed E-state index contributed by atoms with van der Waals surface area (Å²) in [7, 11) is 0. The van der Waals surface area contributed by atoms with Crippen LogP contribution in [0.5, 0.6) is 0 Å². The van der Waals surface area contributed by atoms with Crippen LogP contribution < -0.4 is 0 Å². The molecule has 0 N–H and O–H groups in total. The lowest BCUT2D eigenvalue weighted by atomic mass is 10.00. The van der Waals surface area contributed by atoms with Crippen LogP contribution in [0.25, 0.3) is 221 Å². The van der Waals surface area contributed by atoms with Crippen LogP contribution in [0.2, 0.25) is 0 Å². The number of hydrogen-bond acceptors (Lipinski definition) is 2. The number of hydrogen-bond donors (Lipinski definition) is 0. The predicted octanol–water partition coefficient (Wildman–Crippen LogP) is 29.6. The second-order valence-electron chi connectivity index (χ2n) is 29.8. The van der Waals surface area contributed by atoms with E-state index in [0.717, 1.165) is 88.7 Å². The Hall–Kier alpha value is -15.2. The van der Waals surface area contributed by atoms with Crippen LogP contribution in [-0.4, -0.2) is 18.3 Å². The summed E-state index contributed by atoms with van der Waals surface area (Å²) in [5.41, 5.74) is 31.8. The maximum Gasteiger partial charge on any atom is 0.160 e. The van der Waals surface area contributed by atoms with Gasteiger partial charge in [-0.1, -0.05) is 273 Å². The second kappa shape index (κ2) is 26.2. The van der Waals surface area contributed by atoms with Crippen LogP contribution in [0.4, 0.5) is 0 Å². The summed E-state index contributed by atoms with van der Waals surface area (Å²) in [6.07, 6.45) is 0. The molecule has 6 heteroatoms. The minimum atomic E-state index is 0.894. The minimum absolute atomic E-state index is 0.894. The Kier molecular flexibility index (Phi) is 14.9. The summed E-state index contributed by atoms with van der Waals surface area (Å²) in [5.74, 6) is 0. The third-order valence-corrected chi connectivity index (χ3v) is 23.4. The van der Waals surface area contributed by atoms with Crippen molar-refractivity contribution in [3.05, 3.63) is 413 Å². The Morgan fingerprint density at radius 3 is 0.939 bits per heavy atom. The summed E-state index contributed by atoms with van der Waals surface area (Å²) in [4.78, 5) is 0. The summed E-state index contributed by atoms with van der Waals surface area (Å²) >= 11 is 0. The molecule has 114 heavy (non-hydrogen) atoms. The quantitative estimate of drug-likeness (QED) is 0.137. The standard InChI is InChI=1S/2C54H34N2O/c1-3-12-35(13-4-1)37-22-26-41(27-23-37)56-51-31-25-40(34-48(51)45-28-29-46-44-19-8-10-21-52(44)57-54(46)53(45)56)39-24-30-50-47(33-39)43-18-7-9-20-49(43)55(50)42-17-11-16-38(32-42)36-14-5-2-6-15-36;1-3-12-35(13-4-1)37-22-26-41(27-23-37)56-50-30-25-40(34-47(50)44-28-31-52-53(54(44)56)45-19-8-10-21-51(45)57-52)39-24-29-49-46(33-39)43-18-7-9-20-48(43)55(49)42-17-11-16-38(32-42)36-14-5-2-6-15-36/h2*1-34H. The van der Waals surface area contributed by atoms with E-state index in [-0.39, 0.29) is 0 Å². The lowest BCUT2D eigenvalue weighted by Crippen LogP contribution is -1.94. The molecule has 0 bridgehead atoms. The molecule has 0 saturated carbocycles. The number of fused-ring (bicyclic) bond motifs is 20. The normalized spacial score (nSPS) is 11.9. The number of furan rings is 2. The molecular formula is C108H68N4O2. The van der Waals surface area contributed by atoms with Gasteiger partial charge >= 0.3 is 0 Å². The van der Waals surface area contributed by atoms with E-state index in [1.165, 1.54) is 132 Å². The van der Waals surface area contributed by atoms with Gasteiger partial charge in [-0.3, -0.25) is 0 Å². The van der Waals surface area contributed by atoms with E-state index in [1.807, 2.05) is 12.1 Å². The van der Waals surface area contributed by atoms with Crippen LogP contribution in [0.3, 0.4) is 0 Å². The SMILES string of the molecule is c1ccc(-c2ccc(-n3c4ccc(-c5ccc6c(c5)c5ccccc5n6-c5cccc(-c6ccccc6)c5)cc4c4ccc5c6ccccc6oc5c43)cc2)cc1.c1ccc(-c2ccc(-n3c4ccc(-c5ccc6c(c5)c5ccccc5n6-c5cccc(-c6ccccc6)c5)cc4c4ccc5oc6ccccc6c5c43)cc2)cc1. The summed E-state index contributed by atoms with van der Waals surface area (Å²) in [6.45, 7) is 0. The van der Waals surface area contributed by atoms with Crippen molar-refractivity contribution in [3.63, 3.8) is 0 Å². The monoisotopic (exact) mass is 1450 g/mol. The number of para-hydroxylation sites is 4. The van der Waals surface area contributed by atoms with E-state index < -0.39 is 0 Å². The minimum Gasteiger partial charge on any atom is -0.456 e. The van der Waals surface area contributed by atoms with E-state index in [9.17, 15) is 0 Å². The summed E-state index contributed by atoms with van der Waals surface area (Å²) < 4.78 is 22.8. The second-order valence-corrected chi connectivity index (χ2v) is 29.8. The first kappa shape index (κ1) is 64.7. The Morgan fingerprint density at radius 2 is 0.465 bits per heavy atom. The van der Waals surface area contributed by atoms with Crippen LogP contribution >= 0.6 is 0 Å².